The SMILES string of the molecule is Cc1nccc(OC2CCN(S(=O)(=O)c3ccc([N+](=O)[O-])cc3)CC2)n1. The largest absolute Gasteiger partial charge is 0.474 e. The van der Waals surface area contributed by atoms with Gasteiger partial charge >= 0.3 is 0 Å². The maximum atomic E-state index is 12.7. The maximum Gasteiger partial charge on any atom is 0.269 e. The molecule has 2 heterocycles. The van der Waals surface area contributed by atoms with Crippen LogP contribution in [0.4, 0.5) is 5.69 Å². The summed E-state index contributed by atoms with van der Waals surface area (Å²) < 4.78 is 32.5. The van der Waals surface area contributed by atoms with Crippen molar-refractivity contribution in [2.75, 3.05) is 13.1 Å². The second-order valence-electron chi connectivity index (χ2n) is 5.91. The van der Waals surface area contributed by atoms with Crippen LogP contribution in [0.5, 0.6) is 5.88 Å². The number of nitro groups is 1. The molecule has 0 aliphatic carbocycles. The predicted molar refractivity (Wildman–Crippen MR) is 92.3 cm³/mol. The number of aryl methyl sites for hydroxylation is 1. The lowest BCUT2D eigenvalue weighted by Gasteiger charge is -2.31. The Hall–Kier alpha value is -2.59. The van der Waals surface area contributed by atoms with Crippen molar-refractivity contribution in [2.24, 2.45) is 0 Å². The Morgan fingerprint density at radius 2 is 1.85 bits per heavy atom. The van der Waals surface area contributed by atoms with Crippen molar-refractivity contribution in [2.45, 2.75) is 30.8 Å². The maximum absolute atomic E-state index is 12.7. The summed E-state index contributed by atoms with van der Waals surface area (Å²) in [4.78, 5) is 18.4. The number of hydrogen-bond acceptors (Lipinski definition) is 7. The Balaban J connectivity index is 1.64. The van der Waals surface area contributed by atoms with Gasteiger partial charge in [-0.05, 0) is 31.9 Å². The van der Waals surface area contributed by atoms with E-state index in [2.05, 4.69) is 9.97 Å². The van der Waals surface area contributed by atoms with Gasteiger partial charge in [0.1, 0.15) is 11.9 Å². The highest BCUT2D eigenvalue weighted by Gasteiger charge is 2.30. The van der Waals surface area contributed by atoms with Crippen molar-refractivity contribution in [1.29, 1.82) is 0 Å². The first-order valence-corrected chi connectivity index (χ1v) is 9.51. The molecule has 0 unspecified atom stereocenters. The van der Waals surface area contributed by atoms with Crippen LogP contribution >= 0.6 is 0 Å². The van der Waals surface area contributed by atoms with Crippen molar-refractivity contribution in [3.8, 4) is 5.88 Å². The Morgan fingerprint density at radius 3 is 2.42 bits per heavy atom. The lowest BCUT2D eigenvalue weighted by Crippen LogP contribution is -2.41. The molecule has 1 saturated heterocycles. The summed E-state index contributed by atoms with van der Waals surface area (Å²) in [5.74, 6) is 1.09. The van der Waals surface area contributed by atoms with Gasteiger partial charge in [0.25, 0.3) is 5.69 Å². The van der Waals surface area contributed by atoms with E-state index in [9.17, 15) is 18.5 Å². The average Bonchev–Trinajstić information content (AvgIpc) is 2.62. The Kier molecular flexibility index (Phi) is 5.14. The van der Waals surface area contributed by atoms with Gasteiger partial charge in [-0.2, -0.15) is 9.29 Å². The molecule has 0 amide bonds. The van der Waals surface area contributed by atoms with Crippen LogP contribution in [0.15, 0.2) is 41.4 Å². The van der Waals surface area contributed by atoms with Gasteiger partial charge in [-0.15, -0.1) is 0 Å². The molecule has 10 heteroatoms. The highest BCUT2D eigenvalue weighted by molar-refractivity contribution is 7.89. The molecule has 0 bridgehead atoms. The fourth-order valence-corrected chi connectivity index (χ4v) is 4.22. The van der Waals surface area contributed by atoms with Crippen LogP contribution in [0.3, 0.4) is 0 Å². The Bertz CT molecular complexity index is 893. The van der Waals surface area contributed by atoms with Gasteiger partial charge in [0, 0.05) is 37.5 Å². The van der Waals surface area contributed by atoms with Gasteiger partial charge in [0.15, 0.2) is 0 Å². The predicted octanol–water partition coefficient (Wildman–Crippen LogP) is 1.93. The number of benzene rings is 1. The van der Waals surface area contributed by atoms with E-state index < -0.39 is 14.9 Å². The molecule has 0 N–H and O–H groups in total. The lowest BCUT2D eigenvalue weighted by molar-refractivity contribution is -0.384. The Morgan fingerprint density at radius 1 is 1.19 bits per heavy atom. The van der Waals surface area contributed by atoms with Crippen molar-refractivity contribution in [3.63, 3.8) is 0 Å². The van der Waals surface area contributed by atoms with Crippen LogP contribution in [0.2, 0.25) is 0 Å². The minimum absolute atomic E-state index is 0.0499. The van der Waals surface area contributed by atoms with Crippen LogP contribution in [-0.4, -0.2) is 46.8 Å². The lowest BCUT2D eigenvalue weighted by atomic mass is 10.1. The quantitative estimate of drug-likeness (QED) is 0.576. The summed E-state index contributed by atoms with van der Waals surface area (Å²) in [5.41, 5.74) is -0.142. The monoisotopic (exact) mass is 378 g/mol. The van der Waals surface area contributed by atoms with Gasteiger partial charge in [-0.25, -0.2) is 13.4 Å². The number of hydrogen-bond donors (Lipinski definition) is 0. The van der Waals surface area contributed by atoms with Crippen LogP contribution in [0.1, 0.15) is 18.7 Å². The van der Waals surface area contributed by atoms with Crippen molar-refractivity contribution >= 4 is 15.7 Å². The van der Waals surface area contributed by atoms with Gasteiger partial charge in [0.05, 0.1) is 9.82 Å². The summed E-state index contributed by atoms with van der Waals surface area (Å²) in [6.07, 6.45) is 2.57. The molecule has 1 aromatic heterocycles. The molecule has 0 saturated carbocycles. The zero-order valence-corrected chi connectivity index (χ0v) is 14.9. The van der Waals surface area contributed by atoms with Crippen LogP contribution in [-0.2, 0) is 10.0 Å². The number of sulfonamides is 1. The molecule has 2 aromatic rings. The third-order valence-electron chi connectivity index (χ3n) is 4.12. The topological polar surface area (TPSA) is 116 Å². The minimum atomic E-state index is -3.68. The number of rotatable bonds is 5. The van der Waals surface area contributed by atoms with Gasteiger partial charge in [-0.3, -0.25) is 10.1 Å². The van der Waals surface area contributed by atoms with E-state index in [4.69, 9.17) is 4.74 Å². The summed E-state index contributed by atoms with van der Waals surface area (Å²) in [6, 6.07) is 6.59. The number of nitro benzene ring substituents is 1. The molecule has 1 aromatic carbocycles. The van der Waals surface area contributed by atoms with E-state index in [0.717, 1.165) is 0 Å². The van der Waals surface area contributed by atoms with E-state index in [1.54, 1.807) is 19.2 Å². The molecule has 1 aliphatic rings. The molecular formula is C16H18N4O5S. The number of piperidine rings is 1. The van der Waals surface area contributed by atoms with E-state index in [-0.39, 0.29) is 16.7 Å². The number of ether oxygens (including phenoxy) is 1. The molecule has 1 fully saturated rings. The first-order valence-electron chi connectivity index (χ1n) is 8.07. The zero-order valence-electron chi connectivity index (χ0n) is 14.1. The summed E-state index contributed by atoms with van der Waals surface area (Å²) in [7, 11) is -3.68. The summed E-state index contributed by atoms with van der Waals surface area (Å²) >= 11 is 0. The van der Waals surface area contributed by atoms with Crippen molar-refractivity contribution in [1.82, 2.24) is 14.3 Å². The zero-order chi connectivity index (χ0) is 18.7. The normalized spacial score (nSPS) is 16.3. The molecule has 1 aliphatic heterocycles. The third-order valence-corrected chi connectivity index (χ3v) is 6.04. The summed E-state index contributed by atoms with van der Waals surface area (Å²) in [5, 5.41) is 10.7. The fourth-order valence-electron chi connectivity index (χ4n) is 2.75. The van der Waals surface area contributed by atoms with Gasteiger partial charge in [-0.1, -0.05) is 0 Å². The molecule has 0 spiro atoms. The summed E-state index contributed by atoms with van der Waals surface area (Å²) in [6.45, 7) is 2.40. The van der Waals surface area contributed by atoms with E-state index >= 15 is 0 Å². The van der Waals surface area contributed by atoms with Crippen molar-refractivity contribution < 1.29 is 18.1 Å². The number of non-ortho nitro benzene ring substituents is 1. The minimum Gasteiger partial charge on any atom is -0.474 e. The first kappa shape index (κ1) is 18.2. The molecule has 138 valence electrons. The first-order chi connectivity index (χ1) is 12.4. The molecular weight excluding hydrogens is 360 g/mol. The molecule has 9 nitrogen and oxygen atoms in total. The van der Waals surface area contributed by atoms with Crippen LogP contribution in [0, 0.1) is 17.0 Å². The van der Waals surface area contributed by atoms with E-state index in [1.807, 2.05) is 0 Å². The van der Waals surface area contributed by atoms with Crippen LogP contribution in [0.25, 0.3) is 0 Å². The van der Waals surface area contributed by atoms with E-state index in [0.29, 0.717) is 37.6 Å². The molecule has 0 atom stereocenters. The molecule has 3 rings (SSSR count). The molecule has 26 heavy (non-hydrogen) atoms. The Labute approximate surface area is 150 Å². The standard InChI is InChI=1S/C16H18N4O5S/c1-12-17-9-6-16(18-12)25-14-7-10-19(11-8-14)26(23,24)15-4-2-13(3-5-15)20(21)22/h2-6,9,14H,7-8,10-11H2,1H3. The number of aromatic nitrogens is 2. The number of nitrogens with zero attached hydrogens (tertiary/aromatic N) is 4. The second kappa shape index (κ2) is 7.34. The average molecular weight is 378 g/mol. The highest BCUT2D eigenvalue weighted by atomic mass is 32.2. The third kappa shape index (κ3) is 3.97. The van der Waals surface area contributed by atoms with Crippen LogP contribution < -0.4 is 4.74 Å². The molecule has 0 radical (unpaired) electrons. The van der Waals surface area contributed by atoms with Gasteiger partial charge in [0.2, 0.25) is 15.9 Å². The fraction of sp³-hybridized carbons (Fsp3) is 0.375. The highest BCUT2D eigenvalue weighted by Crippen LogP contribution is 2.24. The van der Waals surface area contributed by atoms with Gasteiger partial charge < -0.3 is 4.74 Å². The van der Waals surface area contributed by atoms with Crippen molar-refractivity contribution in [3.05, 3.63) is 52.5 Å². The second-order valence-corrected chi connectivity index (χ2v) is 7.85. The van der Waals surface area contributed by atoms with E-state index in [1.165, 1.54) is 28.6 Å². The smallest absolute Gasteiger partial charge is 0.269 e.